The number of carbonyl (C=O) groups excluding carboxylic acids is 1. The molecule has 0 aliphatic carbocycles. The van der Waals surface area contributed by atoms with Gasteiger partial charge in [-0.3, -0.25) is 9.78 Å². The lowest BCUT2D eigenvalue weighted by Crippen LogP contribution is -1.93. The van der Waals surface area contributed by atoms with Crippen LogP contribution < -0.4 is 5.76 Å². The molecule has 0 saturated carbocycles. The number of H-pyrrole nitrogens is 1. The van der Waals surface area contributed by atoms with Gasteiger partial charge >= 0.3 is 5.76 Å². The molecule has 0 saturated heterocycles. The van der Waals surface area contributed by atoms with E-state index in [0.717, 1.165) is 4.47 Å². The maximum Gasteiger partial charge on any atom is 0.417 e. The van der Waals surface area contributed by atoms with Gasteiger partial charge in [0.05, 0.1) is 11.1 Å². The van der Waals surface area contributed by atoms with E-state index >= 15 is 0 Å². The summed E-state index contributed by atoms with van der Waals surface area (Å²) in [7, 11) is 0. The third-order valence-electron chi connectivity index (χ3n) is 1.86. The van der Waals surface area contributed by atoms with Gasteiger partial charge in [0.2, 0.25) is 0 Å². The van der Waals surface area contributed by atoms with Crippen molar-refractivity contribution in [1.29, 1.82) is 0 Å². The van der Waals surface area contributed by atoms with Crippen molar-refractivity contribution in [3.05, 3.63) is 32.7 Å². The third-order valence-corrected chi connectivity index (χ3v) is 2.32. The fourth-order valence-electron chi connectivity index (χ4n) is 1.29. The minimum Gasteiger partial charge on any atom is -0.407 e. The second kappa shape index (κ2) is 3.09. The van der Waals surface area contributed by atoms with Gasteiger partial charge in [0.1, 0.15) is 0 Å². The summed E-state index contributed by atoms with van der Waals surface area (Å²) in [5.41, 5.74) is 1.23. The van der Waals surface area contributed by atoms with Crippen LogP contribution in [0.1, 0.15) is 17.3 Å². The molecule has 0 aliphatic rings. The maximum absolute atomic E-state index is 11.2. The number of ketones is 1. The van der Waals surface area contributed by atoms with Crippen molar-refractivity contribution in [1.82, 2.24) is 4.98 Å². The summed E-state index contributed by atoms with van der Waals surface area (Å²) in [6.07, 6.45) is 0. The molecular formula is C9H6BrNO3. The predicted octanol–water partition coefficient (Wildman–Crippen LogP) is 2.09. The first-order valence-corrected chi connectivity index (χ1v) is 4.70. The zero-order valence-electron chi connectivity index (χ0n) is 7.26. The number of halogens is 1. The number of fused-ring (bicyclic) bond motifs is 1. The summed E-state index contributed by atoms with van der Waals surface area (Å²) in [4.78, 5) is 24.6. The van der Waals surface area contributed by atoms with Gasteiger partial charge in [0.15, 0.2) is 11.4 Å². The van der Waals surface area contributed by atoms with E-state index in [1.54, 1.807) is 12.1 Å². The molecule has 72 valence electrons. The van der Waals surface area contributed by atoms with Crippen molar-refractivity contribution in [2.45, 2.75) is 6.92 Å². The molecule has 0 aliphatic heterocycles. The molecule has 0 radical (unpaired) electrons. The molecule has 2 rings (SSSR count). The van der Waals surface area contributed by atoms with Gasteiger partial charge in [-0.1, -0.05) is 15.9 Å². The second-order valence-corrected chi connectivity index (χ2v) is 3.82. The zero-order valence-corrected chi connectivity index (χ0v) is 8.84. The summed E-state index contributed by atoms with van der Waals surface area (Å²) >= 11 is 3.24. The lowest BCUT2D eigenvalue weighted by molar-refractivity contribution is 0.101. The van der Waals surface area contributed by atoms with Crippen LogP contribution in [0.5, 0.6) is 0 Å². The molecule has 0 fully saturated rings. The van der Waals surface area contributed by atoms with E-state index in [9.17, 15) is 9.59 Å². The summed E-state index contributed by atoms with van der Waals surface area (Å²) in [5, 5.41) is 0. The minimum atomic E-state index is -0.555. The van der Waals surface area contributed by atoms with Gasteiger partial charge in [-0.05, 0) is 19.1 Å². The van der Waals surface area contributed by atoms with Gasteiger partial charge in [-0.15, -0.1) is 0 Å². The third kappa shape index (κ3) is 1.39. The number of hydrogen-bond acceptors (Lipinski definition) is 3. The Morgan fingerprint density at radius 1 is 1.50 bits per heavy atom. The molecule has 0 amide bonds. The monoisotopic (exact) mass is 255 g/mol. The number of oxazole rings is 1. The predicted molar refractivity (Wildman–Crippen MR) is 54.5 cm³/mol. The number of Topliss-reactive ketones (excluding diaryl/α,β-unsaturated/α-hetero) is 1. The van der Waals surface area contributed by atoms with Crippen molar-refractivity contribution in [3.8, 4) is 0 Å². The van der Waals surface area contributed by atoms with Crippen molar-refractivity contribution in [2.75, 3.05) is 0 Å². The number of hydrogen-bond donors (Lipinski definition) is 1. The van der Waals surface area contributed by atoms with E-state index in [0.29, 0.717) is 16.7 Å². The molecule has 1 heterocycles. The molecule has 0 bridgehead atoms. The van der Waals surface area contributed by atoms with Crippen LogP contribution in [0.25, 0.3) is 11.1 Å². The Hall–Kier alpha value is -1.36. The van der Waals surface area contributed by atoms with Crippen LogP contribution in [0.3, 0.4) is 0 Å². The average Bonchev–Trinajstić information content (AvgIpc) is 2.42. The van der Waals surface area contributed by atoms with E-state index in [1.807, 2.05) is 0 Å². The lowest BCUT2D eigenvalue weighted by atomic mass is 10.1. The molecule has 5 heteroatoms. The Balaban J connectivity index is 2.92. The Morgan fingerprint density at radius 3 is 2.86 bits per heavy atom. The smallest absolute Gasteiger partial charge is 0.407 e. The highest BCUT2D eigenvalue weighted by Gasteiger charge is 2.11. The molecular weight excluding hydrogens is 250 g/mol. The van der Waals surface area contributed by atoms with E-state index in [2.05, 4.69) is 20.9 Å². The summed E-state index contributed by atoms with van der Waals surface area (Å²) < 4.78 is 5.59. The normalized spacial score (nSPS) is 10.7. The van der Waals surface area contributed by atoms with Crippen LogP contribution in [-0.2, 0) is 0 Å². The molecule has 0 spiro atoms. The molecule has 1 aromatic heterocycles. The van der Waals surface area contributed by atoms with Crippen LogP contribution in [0, 0.1) is 0 Å². The fraction of sp³-hybridized carbons (Fsp3) is 0.111. The van der Waals surface area contributed by atoms with Crippen LogP contribution in [-0.4, -0.2) is 10.8 Å². The summed E-state index contributed by atoms with van der Waals surface area (Å²) in [5.74, 6) is -0.695. The molecule has 0 unspecified atom stereocenters. The lowest BCUT2D eigenvalue weighted by Gasteiger charge is -1.97. The summed E-state index contributed by atoms with van der Waals surface area (Å²) in [6, 6.07) is 3.31. The second-order valence-electron chi connectivity index (χ2n) is 2.90. The average molecular weight is 256 g/mol. The highest BCUT2D eigenvalue weighted by Crippen LogP contribution is 2.22. The van der Waals surface area contributed by atoms with Gasteiger partial charge in [-0.2, -0.15) is 0 Å². The maximum atomic E-state index is 11.2. The number of nitrogens with one attached hydrogen (secondary N) is 1. The van der Waals surface area contributed by atoms with E-state index in [4.69, 9.17) is 4.42 Å². The summed E-state index contributed by atoms with van der Waals surface area (Å²) in [6.45, 7) is 1.42. The standard InChI is InChI=1S/C9H6BrNO3/c1-4(12)6-2-5(10)3-7-8(6)14-9(13)11-7/h2-3H,1H3,(H,11,13). The van der Waals surface area contributed by atoms with Crippen molar-refractivity contribution < 1.29 is 9.21 Å². The number of aromatic amines is 1. The van der Waals surface area contributed by atoms with Crippen LogP contribution >= 0.6 is 15.9 Å². The Morgan fingerprint density at radius 2 is 2.21 bits per heavy atom. The number of benzene rings is 1. The van der Waals surface area contributed by atoms with Crippen LogP contribution in [0.2, 0.25) is 0 Å². The van der Waals surface area contributed by atoms with Gasteiger partial charge in [0, 0.05) is 4.47 Å². The van der Waals surface area contributed by atoms with Crippen LogP contribution in [0.15, 0.2) is 25.8 Å². The Labute approximate surface area is 87.0 Å². The Bertz CT molecular complexity index is 567. The van der Waals surface area contributed by atoms with Crippen LogP contribution in [0.4, 0.5) is 0 Å². The van der Waals surface area contributed by atoms with Crippen molar-refractivity contribution in [2.24, 2.45) is 0 Å². The van der Waals surface area contributed by atoms with Crippen molar-refractivity contribution >= 4 is 32.8 Å². The Kier molecular flexibility index (Phi) is 2.03. The first-order valence-electron chi connectivity index (χ1n) is 3.91. The fourth-order valence-corrected chi connectivity index (χ4v) is 1.74. The highest BCUT2D eigenvalue weighted by molar-refractivity contribution is 9.10. The van der Waals surface area contributed by atoms with E-state index in [1.165, 1.54) is 6.92 Å². The largest absolute Gasteiger partial charge is 0.417 e. The molecule has 1 aromatic carbocycles. The van der Waals surface area contributed by atoms with Gasteiger partial charge < -0.3 is 4.42 Å². The molecule has 1 N–H and O–H groups in total. The van der Waals surface area contributed by atoms with Crippen molar-refractivity contribution in [3.63, 3.8) is 0 Å². The van der Waals surface area contributed by atoms with E-state index in [-0.39, 0.29) is 5.78 Å². The SMILES string of the molecule is CC(=O)c1cc(Br)cc2[nH]c(=O)oc12. The highest BCUT2D eigenvalue weighted by atomic mass is 79.9. The van der Waals surface area contributed by atoms with Gasteiger partial charge in [0.25, 0.3) is 0 Å². The molecule has 0 atom stereocenters. The first kappa shape index (κ1) is 9.21. The number of aromatic nitrogens is 1. The first-order chi connectivity index (χ1) is 6.58. The quantitative estimate of drug-likeness (QED) is 0.794. The minimum absolute atomic E-state index is 0.140. The molecule has 4 nitrogen and oxygen atoms in total. The molecule has 14 heavy (non-hydrogen) atoms. The number of rotatable bonds is 1. The van der Waals surface area contributed by atoms with Gasteiger partial charge in [-0.25, -0.2) is 4.79 Å². The van der Waals surface area contributed by atoms with E-state index < -0.39 is 5.76 Å². The zero-order chi connectivity index (χ0) is 10.3. The number of carbonyl (C=O) groups is 1. The molecule has 2 aromatic rings. The topological polar surface area (TPSA) is 63.1 Å².